The lowest BCUT2D eigenvalue weighted by molar-refractivity contribution is -0.128. The number of benzene rings is 1. The van der Waals surface area contributed by atoms with Crippen molar-refractivity contribution in [1.29, 1.82) is 5.26 Å². The van der Waals surface area contributed by atoms with Gasteiger partial charge in [-0.25, -0.2) is 17.5 Å². The van der Waals surface area contributed by atoms with Crippen LogP contribution < -0.4 is 10.0 Å². The minimum absolute atomic E-state index is 0.0595. The lowest BCUT2D eigenvalue weighted by Gasteiger charge is -2.62. The molecule has 5 aliphatic rings. The summed E-state index contributed by atoms with van der Waals surface area (Å²) in [4.78, 5) is 14.9. The van der Waals surface area contributed by atoms with Crippen LogP contribution in [0.1, 0.15) is 51.4 Å². The number of amides is 1. The first-order chi connectivity index (χ1) is 15.2. The van der Waals surface area contributed by atoms with Crippen LogP contribution in [0.15, 0.2) is 29.2 Å². The number of nitrogens with zero attached hydrogens (tertiary/aromatic N) is 2. The van der Waals surface area contributed by atoms with Crippen LogP contribution >= 0.6 is 0 Å². The standard InChI is InChI=1S/C23H29FN4O3S/c24-18-3-5-20(6-4-18)32(30,31)27-23-11-16-8-17(12-23)10-22(9-16,15-23)26-21(29)14-28-7-1-2-19(28)13-25/h3-6,16-17,19,27H,1-2,7-12,14-15H2,(H,26,29)/t16?,17?,19-,22?,23?/m0/s1. The van der Waals surface area contributed by atoms with Crippen molar-refractivity contribution >= 4 is 15.9 Å². The molecule has 6 rings (SSSR count). The Balaban J connectivity index is 1.33. The Hall–Kier alpha value is -2.02. The minimum atomic E-state index is -3.80. The van der Waals surface area contributed by atoms with Crippen molar-refractivity contribution in [1.82, 2.24) is 14.9 Å². The fourth-order valence-electron chi connectivity index (χ4n) is 7.17. The van der Waals surface area contributed by atoms with Crippen LogP contribution in [-0.2, 0) is 14.8 Å². The average Bonchev–Trinajstić information content (AvgIpc) is 3.12. The van der Waals surface area contributed by atoms with E-state index >= 15 is 0 Å². The monoisotopic (exact) mass is 460 g/mol. The normalized spacial score (nSPS) is 36.2. The van der Waals surface area contributed by atoms with E-state index in [4.69, 9.17) is 0 Å². The van der Waals surface area contributed by atoms with Gasteiger partial charge in [-0.1, -0.05) is 0 Å². The van der Waals surface area contributed by atoms with Gasteiger partial charge in [0.15, 0.2) is 0 Å². The van der Waals surface area contributed by atoms with E-state index in [2.05, 4.69) is 16.1 Å². The van der Waals surface area contributed by atoms with Crippen LogP contribution in [0.25, 0.3) is 0 Å². The number of nitrogens with one attached hydrogen (secondary N) is 2. The van der Waals surface area contributed by atoms with Crippen LogP contribution in [0.2, 0.25) is 0 Å². The van der Waals surface area contributed by atoms with Crippen LogP contribution in [-0.4, -0.2) is 49.4 Å². The SMILES string of the molecule is N#C[C@@H]1CCCN1CC(=O)NC12CC3CC(C1)CC(NS(=O)(=O)c1ccc(F)cc1)(C3)C2. The molecule has 4 saturated carbocycles. The molecule has 0 spiro atoms. The third kappa shape index (κ3) is 4.04. The topological polar surface area (TPSA) is 102 Å². The Morgan fingerprint density at radius 3 is 2.47 bits per heavy atom. The average molecular weight is 461 g/mol. The van der Waals surface area contributed by atoms with E-state index in [0.717, 1.165) is 63.6 Å². The number of carbonyl (C=O) groups is 1. The summed E-state index contributed by atoms with van der Waals surface area (Å²) in [7, 11) is -3.80. The number of carbonyl (C=O) groups excluding carboxylic acids is 1. The molecule has 9 heteroatoms. The Morgan fingerprint density at radius 2 is 1.81 bits per heavy atom. The van der Waals surface area contributed by atoms with Crippen molar-refractivity contribution in [3.63, 3.8) is 0 Å². The highest BCUT2D eigenvalue weighted by atomic mass is 32.2. The molecule has 1 aliphatic heterocycles. The second kappa shape index (κ2) is 7.79. The number of sulfonamides is 1. The molecule has 1 amide bonds. The van der Waals surface area contributed by atoms with Gasteiger partial charge in [-0.05, 0) is 87.5 Å². The van der Waals surface area contributed by atoms with E-state index in [-0.39, 0.29) is 23.4 Å². The molecule has 1 aromatic carbocycles. The molecule has 7 nitrogen and oxygen atoms in total. The van der Waals surface area contributed by atoms with Crippen molar-refractivity contribution in [2.45, 2.75) is 73.4 Å². The van der Waals surface area contributed by atoms with Gasteiger partial charge in [-0.2, -0.15) is 5.26 Å². The van der Waals surface area contributed by atoms with Gasteiger partial charge < -0.3 is 5.32 Å². The number of hydrogen-bond acceptors (Lipinski definition) is 5. The molecule has 0 radical (unpaired) electrons. The molecule has 3 atom stereocenters. The molecular weight excluding hydrogens is 431 g/mol. The molecule has 1 saturated heterocycles. The summed E-state index contributed by atoms with van der Waals surface area (Å²) in [6.07, 6.45) is 6.64. The van der Waals surface area contributed by atoms with Crippen molar-refractivity contribution in [2.75, 3.05) is 13.1 Å². The van der Waals surface area contributed by atoms with E-state index in [1.807, 2.05) is 4.90 Å². The van der Waals surface area contributed by atoms with Crippen LogP contribution in [0.4, 0.5) is 4.39 Å². The van der Waals surface area contributed by atoms with Gasteiger partial charge in [0.05, 0.1) is 23.6 Å². The Kier molecular flexibility index (Phi) is 5.31. The van der Waals surface area contributed by atoms with E-state index < -0.39 is 26.9 Å². The summed E-state index contributed by atoms with van der Waals surface area (Å²) in [6, 6.07) is 6.96. The quantitative estimate of drug-likeness (QED) is 0.678. The summed E-state index contributed by atoms with van der Waals surface area (Å²) in [6.45, 7) is 0.967. The molecule has 32 heavy (non-hydrogen) atoms. The van der Waals surface area contributed by atoms with Crippen molar-refractivity contribution in [3.05, 3.63) is 30.1 Å². The van der Waals surface area contributed by atoms with Gasteiger partial charge in [0, 0.05) is 17.6 Å². The number of rotatable bonds is 6. The van der Waals surface area contributed by atoms with Crippen molar-refractivity contribution < 1.29 is 17.6 Å². The molecule has 4 aliphatic carbocycles. The first-order valence-electron chi connectivity index (χ1n) is 11.4. The molecule has 1 aromatic rings. The van der Waals surface area contributed by atoms with Gasteiger partial charge in [0.2, 0.25) is 15.9 Å². The highest BCUT2D eigenvalue weighted by Crippen LogP contribution is 2.57. The molecule has 2 N–H and O–H groups in total. The minimum Gasteiger partial charge on any atom is -0.349 e. The molecule has 5 fully saturated rings. The molecular formula is C23H29FN4O3S. The van der Waals surface area contributed by atoms with Crippen molar-refractivity contribution in [2.24, 2.45) is 11.8 Å². The highest BCUT2D eigenvalue weighted by Gasteiger charge is 2.59. The predicted octanol–water partition coefficient (Wildman–Crippen LogP) is 2.30. The van der Waals surface area contributed by atoms with E-state index in [1.54, 1.807) is 0 Å². The Labute approximate surface area is 188 Å². The molecule has 172 valence electrons. The van der Waals surface area contributed by atoms with Gasteiger partial charge in [0.1, 0.15) is 5.82 Å². The Bertz CT molecular complexity index is 1040. The maximum atomic E-state index is 13.3. The van der Waals surface area contributed by atoms with Crippen LogP contribution in [0.5, 0.6) is 0 Å². The lowest BCUT2D eigenvalue weighted by Crippen LogP contribution is -2.70. The number of hydrogen-bond donors (Lipinski definition) is 2. The fourth-order valence-corrected chi connectivity index (χ4v) is 8.59. The predicted molar refractivity (Wildman–Crippen MR) is 115 cm³/mol. The summed E-state index contributed by atoms with van der Waals surface area (Å²) in [5.41, 5.74) is -0.998. The van der Waals surface area contributed by atoms with Gasteiger partial charge >= 0.3 is 0 Å². The molecule has 0 aromatic heterocycles. The summed E-state index contributed by atoms with van der Waals surface area (Å²) >= 11 is 0. The third-order valence-corrected chi connectivity index (χ3v) is 9.39. The number of nitriles is 1. The highest BCUT2D eigenvalue weighted by molar-refractivity contribution is 7.89. The smallest absolute Gasteiger partial charge is 0.241 e. The van der Waals surface area contributed by atoms with Gasteiger partial charge in [-0.3, -0.25) is 9.69 Å². The molecule has 1 heterocycles. The number of halogens is 1. The van der Waals surface area contributed by atoms with E-state index in [9.17, 15) is 22.9 Å². The van der Waals surface area contributed by atoms with Gasteiger partial charge in [-0.15, -0.1) is 0 Å². The largest absolute Gasteiger partial charge is 0.349 e. The first-order valence-corrected chi connectivity index (χ1v) is 12.9. The van der Waals surface area contributed by atoms with Gasteiger partial charge in [0.25, 0.3) is 0 Å². The maximum absolute atomic E-state index is 13.3. The number of likely N-dealkylation sites (tertiary alicyclic amines) is 1. The second-order valence-corrected chi connectivity index (χ2v) is 12.1. The van der Waals surface area contributed by atoms with Crippen LogP contribution in [0.3, 0.4) is 0 Å². The zero-order chi connectivity index (χ0) is 22.6. The zero-order valence-electron chi connectivity index (χ0n) is 18.0. The first kappa shape index (κ1) is 21.8. The van der Waals surface area contributed by atoms with E-state index in [0.29, 0.717) is 18.3 Å². The summed E-state index contributed by atoms with van der Waals surface area (Å²) in [5, 5.41) is 12.6. The van der Waals surface area contributed by atoms with Crippen LogP contribution in [0, 0.1) is 29.0 Å². The lowest BCUT2D eigenvalue weighted by atomic mass is 9.50. The maximum Gasteiger partial charge on any atom is 0.241 e. The summed E-state index contributed by atoms with van der Waals surface area (Å²) < 4.78 is 42.4. The molecule has 2 unspecified atom stereocenters. The Morgan fingerprint density at radius 1 is 1.16 bits per heavy atom. The summed E-state index contributed by atoms with van der Waals surface area (Å²) in [5.74, 6) is 0.180. The van der Waals surface area contributed by atoms with E-state index in [1.165, 1.54) is 12.1 Å². The zero-order valence-corrected chi connectivity index (χ0v) is 18.8. The second-order valence-electron chi connectivity index (χ2n) is 10.4. The van der Waals surface area contributed by atoms with Crippen molar-refractivity contribution in [3.8, 4) is 6.07 Å². The fraction of sp³-hybridized carbons (Fsp3) is 0.652. The third-order valence-electron chi connectivity index (χ3n) is 7.80. The molecule has 4 bridgehead atoms.